The molecule has 20 heavy (non-hydrogen) atoms. The summed E-state index contributed by atoms with van der Waals surface area (Å²) in [6.07, 6.45) is 0. The summed E-state index contributed by atoms with van der Waals surface area (Å²) in [4.78, 5) is 44.0. The molecule has 106 valence electrons. The van der Waals surface area contributed by atoms with Crippen molar-refractivity contribution in [3.63, 3.8) is 0 Å². The van der Waals surface area contributed by atoms with Crippen LogP contribution in [0.1, 0.15) is 17.4 Å². The Morgan fingerprint density at radius 1 is 1.30 bits per heavy atom. The molecule has 0 saturated heterocycles. The van der Waals surface area contributed by atoms with Crippen LogP contribution in [0.2, 0.25) is 0 Å². The lowest BCUT2D eigenvalue weighted by molar-refractivity contribution is 0.0940. The van der Waals surface area contributed by atoms with E-state index in [0.717, 1.165) is 0 Å². The van der Waals surface area contributed by atoms with Crippen LogP contribution in [0.25, 0.3) is 10.8 Å². The van der Waals surface area contributed by atoms with Gasteiger partial charge in [0.15, 0.2) is 14.1 Å². The highest BCUT2D eigenvalue weighted by Gasteiger charge is 2.20. The topological polar surface area (TPSA) is 123 Å². The fourth-order valence-electron chi connectivity index (χ4n) is 1.75. The van der Waals surface area contributed by atoms with Crippen LogP contribution in [0.4, 0.5) is 0 Å². The predicted molar refractivity (Wildman–Crippen MR) is 74.5 cm³/mol. The minimum absolute atomic E-state index is 0.254. The van der Waals surface area contributed by atoms with Gasteiger partial charge in [-0.2, -0.15) is 0 Å². The van der Waals surface area contributed by atoms with Gasteiger partial charge < -0.3 is 25.2 Å². The number of fused-ring (bicyclic) bond motifs is 1. The first-order chi connectivity index (χ1) is 9.41. The second-order valence-corrected chi connectivity index (χ2v) is 5.61. The van der Waals surface area contributed by atoms with E-state index in [1.807, 2.05) is 0 Å². The van der Waals surface area contributed by atoms with Crippen LogP contribution in [0.3, 0.4) is 0 Å². The van der Waals surface area contributed by atoms with Crippen LogP contribution in [0.5, 0.6) is 5.75 Å². The number of hydrogen-bond acceptors (Lipinski definition) is 5. The van der Waals surface area contributed by atoms with Gasteiger partial charge in [0.05, 0.1) is 11.2 Å². The average molecular weight is 296 g/mol. The van der Waals surface area contributed by atoms with Gasteiger partial charge in [-0.05, 0) is 13.0 Å². The number of rotatable bonds is 3. The van der Waals surface area contributed by atoms with E-state index in [1.54, 1.807) is 12.1 Å². The number of amides is 1. The summed E-state index contributed by atoms with van der Waals surface area (Å²) in [7, 11) is -2.34. The molecule has 1 amide bonds. The number of nitrogens with one attached hydrogen (secondary N) is 2. The Hall–Kier alpha value is -1.95. The molecule has 0 aliphatic rings. The van der Waals surface area contributed by atoms with Crippen molar-refractivity contribution in [3.8, 4) is 5.75 Å². The van der Waals surface area contributed by atoms with E-state index in [-0.39, 0.29) is 22.2 Å². The van der Waals surface area contributed by atoms with Gasteiger partial charge in [0, 0.05) is 5.39 Å². The van der Waals surface area contributed by atoms with Gasteiger partial charge in [0.2, 0.25) is 0 Å². The lowest BCUT2D eigenvalue weighted by Gasteiger charge is -2.15. The fourth-order valence-corrected chi connectivity index (χ4v) is 1.98. The molecule has 0 aliphatic carbocycles. The highest BCUT2D eigenvalue weighted by atomic mass is 31.2. The third-order valence-electron chi connectivity index (χ3n) is 2.82. The van der Waals surface area contributed by atoms with Crippen molar-refractivity contribution in [3.05, 3.63) is 40.3 Å². The molecule has 0 fully saturated rings. The molecular weight excluding hydrogens is 283 g/mol. The normalized spacial score (nSPS) is 12.6. The van der Waals surface area contributed by atoms with Crippen LogP contribution in [0.15, 0.2) is 29.1 Å². The lowest BCUT2D eigenvalue weighted by atomic mass is 10.1. The van der Waals surface area contributed by atoms with Gasteiger partial charge in [0.1, 0.15) is 5.69 Å². The number of carbonyl (C=O) groups is 1. The maximum Gasteiger partial charge on any atom is 0.272 e. The number of benzene rings is 1. The van der Waals surface area contributed by atoms with Gasteiger partial charge in [-0.1, -0.05) is 18.2 Å². The zero-order chi connectivity index (χ0) is 14.9. The zero-order valence-electron chi connectivity index (χ0n) is 10.5. The molecule has 5 N–H and O–H groups in total. The summed E-state index contributed by atoms with van der Waals surface area (Å²) in [6.45, 7) is 1.40. The van der Waals surface area contributed by atoms with Crippen LogP contribution in [0, 0.1) is 0 Å². The first-order valence-electron chi connectivity index (χ1n) is 5.73. The lowest BCUT2D eigenvalue weighted by Crippen LogP contribution is -2.33. The first-order valence-corrected chi connectivity index (χ1v) is 7.05. The monoisotopic (exact) mass is 296 g/mol. The highest BCUT2D eigenvalue weighted by molar-refractivity contribution is 7.45. The average Bonchev–Trinajstić information content (AvgIpc) is 2.42. The van der Waals surface area contributed by atoms with Crippen molar-refractivity contribution in [2.45, 2.75) is 12.7 Å². The van der Waals surface area contributed by atoms with E-state index in [2.05, 4.69) is 10.3 Å². The predicted octanol–water partition coefficient (Wildman–Crippen LogP) is 0.606. The number of carbonyl (C=O) groups excluding carboxylic acids is 1. The Morgan fingerprint density at radius 2 is 1.90 bits per heavy atom. The second-order valence-electron chi connectivity index (χ2n) is 4.19. The third kappa shape index (κ3) is 2.65. The molecule has 1 heterocycles. The maximum absolute atomic E-state index is 11.9. The van der Waals surface area contributed by atoms with Crippen LogP contribution in [-0.2, 0) is 0 Å². The van der Waals surface area contributed by atoms with Gasteiger partial charge in [0.25, 0.3) is 11.5 Å². The molecule has 1 atom stereocenters. The second kappa shape index (κ2) is 5.58. The molecule has 0 spiro atoms. The van der Waals surface area contributed by atoms with Gasteiger partial charge in [-0.3, -0.25) is 9.59 Å². The first kappa shape index (κ1) is 14.5. The Balaban J connectivity index is 2.48. The molecule has 0 aliphatic heterocycles. The number of aromatic hydroxyl groups is 1. The Kier molecular flexibility index (Phi) is 4.04. The Labute approximate surface area is 114 Å². The van der Waals surface area contributed by atoms with Crippen molar-refractivity contribution in [1.82, 2.24) is 10.3 Å². The highest BCUT2D eigenvalue weighted by Crippen LogP contribution is 2.29. The van der Waals surface area contributed by atoms with E-state index in [0.29, 0.717) is 0 Å². The fraction of sp³-hybridized carbons (Fsp3) is 0.167. The molecule has 0 radical (unpaired) electrons. The number of hydrogen-bond donors (Lipinski definition) is 5. The third-order valence-corrected chi connectivity index (χ3v) is 3.64. The summed E-state index contributed by atoms with van der Waals surface area (Å²) in [6, 6.07) is 6.32. The molecule has 1 aromatic carbocycles. The van der Waals surface area contributed by atoms with E-state index in [1.165, 1.54) is 19.1 Å². The molecule has 2 aromatic rings. The minimum atomic E-state index is -2.34. The standard InChI is InChI=1S/C12H13N2O5P/c1-6(20(18)19)13-12(17)9-10(15)7-4-2-3-5-8(7)11(16)14-9/h2-6,15,18-19H,1H3,(H,13,17)(H,14,16). The number of aromatic nitrogens is 1. The maximum atomic E-state index is 11.9. The van der Waals surface area contributed by atoms with E-state index < -0.39 is 25.6 Å². The smallest absolute Gasteiger partial charge is 0.272 e. The van der Waals surface area contributed by atoms with Gasteiger partial charge >= 0.3 is 0 Å². The van der Waals surface area contributed by atoms with Crippen LogP contribution >= 0.6 is 8.38 Å². The van der Waals surface area contributed by atoms with E-state index >= 15 is 0 Å². The van der Waals surface area contributed by atoms with Crippen LogP contribution in [-0.4, -0.2) is 31.6 Å². The van der Waals surface area contributed by atoms with Crippen molar-refractivity contribution in [1.29, 1.82) is 0 Å². The van der Waals surface area contributed by atoms with Crippen molar-refractivity contribution < 1.29 is 19.7 Å². The molecule has 7 nitrogen and oxygen atoms in total. The van der Waals surface area contributed by atoms with E-state index in [9.17, 15) is 14.7 Å². The molecule has 0 bridgehead atoms. The summed E-state index contributed by atoms with van der Waals surface area (Å²) in [5.41, 5.74) is -0.816. The molecule has 1 aromatic heterocycles. The van der Waals surface area contributed by atoms with E-state index in [4.69, 9.17) is 9.79 Å². The number of pyridine rings is 1. The number of aromatic amines is 1. The SMILES string of the molecule is CC(NC(=O)c1[nH]c(=O)c2ccccc2c1O)P(O)O. The molecular formula is C12H13N2O5P. The largest absolute Gasteiger partial charge is 0.505 e. The van der Waals surface area contributed by atoms with Gasteiger partial charge in [-0.15, -0.1) is 0 Å². The summed E-state index contributed by atoms with van der Waals surface area (Å²) < 4.78 is 0. The van der Waals surface area contributed by atoms with Gasteiger partial charge in [-0.25, -0.2) is 0 Å². The Bertz CT molecular complexity index is 713. The van der Waals surface area contributed by atoms with Crippen LogP contribution < -0.4 is 10.9 Å². The number of H-pyrrole nitrogens is 1. The summed E-state index contributed by atoms with van der Waals surface area (Å²) in [5.74, 6) is -2.02. The van der Waals surface area contributed by atoms with Crippen molar-refractivity contribution in [2.75, 3.05) is 0 Å². The molecule has 8 heteroatoms. The summed E-state index contributed by atoms with van der Waals surface area (Å²) in [5, 5.41) is 12.9. The molecule has 2 rings (SSSR count). The molecule has 1 unspecified atom stereocenters. The zero-order valence-corrected chi connectivity index (χ0v) is 11.4. The Morgan fingerprint density at radius 3 is 2.50 bits per heavy atom. The van der Waals surface area contributed by atoms with Crippen molar-refractivity contribution >= 4 is 25.1 Å². The van der Waals surface area contributed by atoms with Crippen molar-refractivity contribution in [2.24, 2.45) is 0 Å². The quantitative estimate of drug-likeness (QED) is 0.531. The minimum Gasteiger partial charge on any atom is -0.505 e. The summed E-state index contributed by atoms with van der Waals surface area (Å²) >= 11 is 0. The molecule has 0 saturated carbocycles.